The van der Waals surface area contributed by atoms with Crippen LogP contribution >= 0.6 is 0 Å². The van der Waals surface area contributed by atoms with Gasteiger partial charge in [0, 0.05) is 7.05 Å². The Bertz CT molecular complexity index is 1140. The van der Waals surface area contributed by atoms with Crippen LogP contribution in [-0.4, -0.2) is 28.5 Å². The van der Waals surface area contributed by atoms with E-state index in [1.54, 1.807) is 24.3 Å². The standard InChI is InChI=1S/C23H23NO5S/c1-17-7-6-8-18(15-17)16-29-23(25)19-11-13-20(14-12-19)30(26,27)24(2)21-9-4-5-10-22(21)28-3/h4-15H,16H2,1-3H3. The van der Waals surface area contributed by atoms with Crippen LogP contribution in [0.25, 0.3) is 0 Å². The summed E-state index contributed by atoms with van der Waals surface area (Å²) >= 11 is 0. The fourth-order valence-corrected chi connectivity index (χ4v) is 4.18. The third kappa shape index (κ3) is 4.63. The van der Waals surface area contributed by atoms with Crippen LogP contribution in [-0.2, 0) is 21.4 Å². The predicted molar refractivity (Wildman–Crippen MR) is 115 cm³/mol. The molecule has 0 bridgehead atoms. The van der Waals surface area contributed by atoms with Crippen LogP contribution in [0.2, 0.25) is 0 Å². The second-order valence-corrected chi connectivity index (χ2v) is 8.70. The van der Waals surface area contributed by atoms with Gasteiger partial charge in [-0.15, -0.1) is 0 Å². The lowest BCUT2D eigenvalue weighted by Gasteiger charge is -2.21. The maximum Gasteiger partial charge on any atom is 0.338 e. The van der Waals surface area contributed by atoms with Gasteiger partial charge in [-0.25, -0.2) is 13.2 Å². The molecule has 0 amide bonds. The second kappa shape index (κ2) is 9.00. The Morgan fingerprint density at radius 1 is 0.967 bits per heavy atom. The van der Waals surface area contributed by atoms with Crippen molar-refractivity contribution in [2.24, 2.45) is 0 Å². The number of ether oxygens (including phenoxy) is 2. The predicted octanol–water partition coefficient (Wildman–Crippen LogP) is 4.19. The van der Waals surface area contributed by atoms with Crippen LogP contribution in [0.15, 0.2) is 77.7 Å². The SMILES string of the molecule is COc1ccccc1N(C)S(=O)(=O)c1ccc(C(=O)OCc2cccc(C)c2)cc1. The minimum absolute atomic E-state index is 0.0612. The maximum atomic E-state index is 13.0. The van der Waals surface area contributed by atoms with Crippen LogP contribution in [0, 0.1) is 6.92 Å². The molecule has 0 radical (unpaired) electrons. The third-order valence-electron chi connectivity index (χ3n) is 4.63. The van der Waals surface area contributed by atoms with E-state index < -0.39 is 16.0 Å². The lowest BCUT2D eigenvalue weighted by Crippen LogP contribution is -2.27. The monoisotopic (exact) mass is 425 g/mol. The van der Waals surface area contributed by atoms with Gasteiger partial charge in [-0.1, -0.05) is 42.0 Å². The number of nitrogens with zero attached hydrogens (tertiary/aromatic N) is 1. The van der Waals surface area contributed by atoms with E-state index >= 15 is 0 Å². The molecule has 0 unspecified atom stereocenters. The van der Waals surface area contributed by atoms with Gasteiger partial charge in [0.2, 0.25) is 0 Å². The Morgan fingerprint density at radius 2 is 1.67 bits per heavy atom. The number of aryl methyl sites for hydroxylation is 1. The average Bonchev–Trinajstić information content (AvgIpc) is 2.77. The van der Waals surface area contributed by atoms with Gasteiger partial charge in [-0.2, -0.15) is 0 Å². The van der Waals surface area contributed by atoms with Crippen molar-refractivity contribution in [3.8, 4) is 5.75 Å². The second-order valence-electron chi connectivity index (χ2n) is 6.73. The number of sulfonamides is 1. The highest BCUT2D eigenvalue weighted by Crippen LogP contribution is 2.30. The zero-order valence-electron chi connectivity index (χ0n) is 17.0. The summed E-state index contributed by atoms with van der Waals surface area (Å²) in [5.41, 5.74) is 2.67. The number of para-hydroxylation sites is 2. The van der Waals surface area contributed by atoms with Crippen molar-refractivity contribution in [3.63, 3.8) is 0 Å². The van der Waals surface area contributed by atoms with Crippen molar-refractivity contribution < 1.29 is 22.7 Å². The number of hydrogen-bond donors (Lipinski definition) is 0. The van der Waals surface area contributed by atoms with Crippen molar-refractivity contribution in [2.75, 3.05) is 18.5 Å². The summed E-state index contributed by atoms with van der Waals surface area (Å²) in [7, 11) is -0.888. The van der Waals surface area contributed by atoms with E-state index in [1.165, 1.54) is 38.4 Å². The van der Waals surface area contributed by atoms with Crippen LogP contribution < -0.4 is 9.04 Å². The molecule has 0 atom stereocenters. The van der Waals surface area contributed by atoms with Crippen LogP contribution in [0.4, 0.5) is 5.69 Å². The van der Waals surface area contributed by atoms with Crippen molar-refractivity contribution in [1.29, 1.82) is 0 Å². The molecule has 0 aliphatic rings. The highest BCUT2D eigenvalue weighted by Gasteiger charge is 2.24. The zero-order chi connectivity index (χ0) is 21.7. The van der Waals surface area contributed by atoms with Gasteiger partial charge in [0.05, 0.1) is 23.3 Å². The molecule has 30 heavy (non-hydrogen) atoms. The molecule has 6 nitrogen and oxygen atoms in total. The van der Waals surface area contributed by atoms with Crippen molar-refractivity contribution in [3.05, 3.63) is 89.5 Å². The molecule has 0 heterocycles. The number of anilines is 1. The van der Waals surface area contributed by atoms with Gasteiger partial charge in [0.25, 0.3) is 10.0 Å². The van der Waals surface area contributed by atoms with E-state index in [1.807, 2.05) is 31.2 Å². The van der Waals surface area contributed by atoms with Crippen LogP contribution in [0.1, 0.15) is 21.5 Å². The van der Waals surface area contributed by atoms with Gasteiger partial charge < -0.3 is 9.47 Å². The lowest BCUT2D eigenvalue weighted by atomic mass is 10.1. The molecule has 7 heteroatoms. The first kappa shape index (κ1) is 21.4. The quantitative estimate of drug-likeness (QED) is 0.531. The molecule has 156 valence electrons. The summed E-state index contributed by atoms with van der Waals surface area (Å²) in [6.07, 6.45) is 0. The minimum atomic E-state index is -3.83. The summed E-state index contributed by atoms with van der Waals surface area (Å²) in [4.78, 5) is 12.4. The molecule has 0 saturated heterocycles. The first-order chi connectivity index (χ1) is 14.3. The first-order valence-electron chi connectivity index (χ1n) is 9.27. The third-order valence-corrected chi connectivity index (χ3v) is 6.41. The number of carbonyl (C=O) groups excluding carboxylic acids is 1. The number of rotatable bonds is 7. The number of esters is 1. The molecule has 0 fully saturated rings. The normalized spacial score (nSPS) is 11.0. The Morgan fingerprint density at radius 3 is 2.33 bits per heavy atom. The molecule has 3 rings (SSSR count). The molecule has 0 N–H and O–H groups in total. The summed E-state index contributed by atoms with van der Waals surface area (Å²) in [6.45, 7) is 2.11. The molecule has 3 aromatic rings. The van der Waals surface area contributed by atoms with E-state index in [2.05, 4.69) is 0 Å². The molecule has 0 aliphatic heterocycles. The Hall–Kier alpha value is -3.32. The van der Waals surface area contributed by atoms with E-state index in [0.717, 1.165) is 15.4 Å². The Kier molecular flexibility index (Phi) is 6.42. The average molecular weight is 426 g/mol. The molecule has 0 aromatic heterocycles. The number of benzene rings is 3. The van der Waals surface area contributed by atoms with Gasteiger partial charge in [0.1, 0.15) is 12.4 Å². The number of methoxy groups -OCH3 is 1. The first-order valence-corrected chi connectivity index (χ1v) is 10.7. The topological polar surface area (TPSA) is 72.9 Å². The highest BCUT2D eigenvalue weighted by atomic mass is 32.2. The molecular weight excluding hydrogens is 402 g/mol. The van der Waals surface area contributed by atoms with Crippen molar-refractivity contribution in [2.45, 2.75) is 18.4 Å². The van der Waals surface area contributed by atoms with Crippen LogP contribution in [0.3, 0.4) is 0 Å². The molecule has 0 saturated carbocycles. The fourth-order valence-electron chi connectivity index (χ4n) is 2.97. The zero-order valence-corrected chi connectivity index (χ0v) is 17.8. The molecule has 0 aliphatic carbocycles. The number of carbonyl (C=O) groups is 1. The van der Waals surface area contributed by atoms with E-state index in [9.17, 15) is 13.2 Å². The molecule has 0 spiro atoms. The Labute approximate surface area is 176 Å². The summed E-state index contributed by atoms with van der Waals surface area (Å²) < 4.78 is 37.7. The van der Waals surface area contributed by atoms with Gasteiger partial charge in [-0.3, -0.25) is 4.31 Å². The smallest absolute Gasteiger partial charge is 0.338 e. The van der Waals surface area contributed by atoms with Crippen LogP contribution in [0.5, 0.6) is 5.75 Å². The van der Waals surface area contributed by atoms with Gasteiger partial charge in [0.15, 0.2) is 0 Å². The van der Waals surface area contributed by atoms with E-state index in [4.69, 9.17) is 9.47 Å². The minimum Gasteiger partial charge on any atom is -0.495 e. The summed E-state index contributed by atoms with van der Waals surface area (Å²) in [6, 6.07) is 20.2. The number of hydrogen-bond acceptors (Lipinski definition) is 5. The van der Waals surface area contributed by atoms with Crippen molar-refractivity contribution in [1.82, 2.24) is 0 Å². The van der Waals surface area contributed by atoms with E-state index in [0.29, 0.717) is 11.4 Å². The maximum absolute atomic E-state index is 13.0. The summed E-state index contributed by atoms with van der Waals surface area (Å²) in [5.74, 6) is -0.0709. The summed E-state index contributed by atoms with van der Waals surface area (Å²) in [5, 5.41) is 0. The highest BCUT2D eigenvalue weighted by molar-refractivity contribution is 7.92. The largest absolute Gasteiger partial charge is 0.495 e. The van der Waals surface area contributed by atoms with Gasteiger partial charge in [-0.05, 0) is 48.9 Å². The molecule has 3 aromatic carbocycles. The van der Waals surface area contributed by atoms with Crippen molar-refractivity contribution >= 4 is 21.7 Å². The van der Waals surface area contributed by atoms with Gasteiger partial charge >= 0.3 is 5.97 Å². The Balaban J connectivity index is 1.74. The molecular formula is C23H23NO5S. The lowest BCUT2D eigenvalue weighted by molar-refractivity contribution is 0.0472. The fraction of sp³-hybridized carbons (Fsp3) is 0.174. The van der Waals surface area contributed by atoms with E-state index in [-0.39, 0.29) is 17.1 Å².